The van der Waals surface area contributed by atoms with Crippen molar-refractivity contribution in [2.24, 2.45) is 11.7 Å². The van der Waals surface area contributed by atoms with Crippen molar-refractivity contribution < 1.29 is 4.39 Å². The second-order valence-electron chi connectivity index (χ2n) is 4.60. The van der Waals surface area contributed by atoms with E-state index in [1.165, 1.54) is 12.8 Å². The van der Waals surface area contributed by atoms with Crippen molar-refractivity contribution >= 4 is 0 Å². The van der Waals surface area contributed by atoms with Gasteiger partial charge in [0.15, 0.2) is 0 Å². The van der Waals surface area contributed by atoms with Gasteiger partial charge in [-0.3, -0.25) is 4.90 Å². The first-order valence-electron chi connectivity index (χ1n) is 5.36. The Morgan fingerprint density at radius 2 is 1.77 bits per heavy atom. The Balaban J connectivity index is 1.65. The van der Waals surface area contributed by atoms with Gasteiger partial charge in [0.25, 0.3) is 0 Å². The van der Waals surface area contributed by atoms with Crippen LogP contribution in [0.15, 0.2) is 0 Å². The molecule has 0 radical (unpaired) electrons. The maximum absolute atomic E-state index is 12.5. The number of alkyl halides is 1. The minimum absolute atomic E-state index is 0.432. The van der Waals surface area contributed by atoms with E-state index >= 15 is 0 Å². The normalized spacial score (nSPS) is 37.4. The van der Waals surface area contributed by atoms with E-state index in [0.717, 1.165) is 25.3 Å². The quantitative estimate of drug-likeness (QED) is 0.701. The van der Waals surface area contributed by atoms with E-state index in [4.69, 9.17) is 5.73 Å². The Hall–Kier alpha value is -0.150. The zero-order valence-electron chi connectivity index (χ0n) is 8.08. The van der Waals surface area contributed by atoms with Crippen molar-refractivity contribution in [1.29, 1.82) is 0 Å². The van der Waals surface area contributed by atoms with Crippen LogP contribution < -0.4 is 5.73 Å². The highest BCUT2D eigenvalue weighted by atomic mass is 19.1. The molecule has 0 aromatic heterocycles. The SMILES string of the molecule is N[C@H]1CC[C@H](CN2CC(F)C2)CC1. The summed E-state index contributed by atoms with van der Waals surface area (Å²) in [6.07, 6.45) is 4.27. The van der Waals surface area contributed by atoms with Gasteiger partial charge < -0.3 is 5.73 Å². The minimum atomic E-state index is -0.550. The molecule has 0 bridgehead atoms. The molecule has 0 unspecified atom stereocenters. The number of nitrogens with zero attached hydrogens (tertiary/aromatic N) is 1. The zero-order valence-corrected chi connectivity index (χ0v) is 8.08. The van der Waals surface area contributed by atoms with Crippen molar-refractivity contribution in [2.75, 3.05) is 19.6 Å². The number of hydrogen-bond acceptors (Lipinski definition) is 2. The standard InChI is InChI=1S/C10H19FN2/c11-9-6-13(7-9)5-8-1-3-10(12)4-2-8/h8-10H,1-7,12H2/t8-,10-. The topological polar surface area (TPSA) is 29.3 Å². The average Bonchev–Trinajstić information content (AvgIpc) is 2.06. The lowest BCUT2D eigenvalue weighted by Gasteiger charge is -2.38. The average molecular weight is 186 g/mol. The van der Waals surface area contributed by atoms with Crippen LogP contribution >= 0.6 is 0 Å². The van der Waals surface area contributed by atoms with Crippen LogP contribution in [0.4, 0.5) is 4.39 Å². The minimum Gasteiger partial charge on any atom is -0.328 e. The first-order chi connectivity index (χ1) is 6.24. The Morgan fingerprint density at radius 1 is 1.15 bits per heavy atom. The third-order valence-corrected chi connectivity index (χ3v) is 3.32. The molecule has 13 heavy (non-hydrogen) atoms. The molecule has 2 nitrogen and oxygen atoms in total. The molecule has 0 atom stereocenters. The van der Waals surface area contributed by atoms with E-state index in [-0.39, 0.29) is 0 Å². The summed E-state index contributed by atoms with van der Waals surface area (Å²) in [5.74, 6) is 0.785. The van der Waals surface area contributed by atoms with Crippen LogP contribution in [0, 0.1) is 5.92 Å². The molecular weight excluding hydrogens is 167 g/mol. The molecule has 1 saturated carbocycles. The van der Waals surface area contributed by atoms with Gasteiger partial charge >= 0.3 is 0 Å². The van der Waals surface area contributed by atoms with E-state index in [2.05, 4.69) is 4.90 Å². The molecule has 2 aliphatic rings. The molecule has 0 spiro atoms. The third kappa shape index (κ3) is 2.41. The van der Waals surface area contributed by atoms with Gasteiger partial charge in [-0.15, -0.1) is 0 Å². The van der Waals surface area contributed by atoms with Gasteiger partial charge in [0, 0.05) is 25.7 Å². The summed E-state index contributed by atoms with van der Waals surface area (Å²) < 4.78 is 12.5. The zero-order chi connectivity index (χ0) is 9.26. The second-order valence-corrected chi connectivity index (χ2v) is 4.60. The van der Waals surface area contributed by atoms with Crippen LogP contribution in [0.1, 0.15) is 25.7 Å². The Labute approximate surface area is 79.3 Å². The lowest BCUT2D eigenvalue weighted by atomic mass is 9.85. The van der Waals surface area contributed by atoms with Crippen LogP contribution in [0.3, 0.4) is 0 Å². The van der Waals surface area contributed by atoms with Gasteiger partial charge in [0.2, 0.25) is 0 Å². The fourth-order valence-corrected chi connectivity index (χ4v) is 2.39. The van der Waals surface area contributed by atoms with Gasteiger partial charge in [0.05, 0.1) is 0 Å². The summed E-state index contributed by atoms with van der Waals surface area (Å²) in [5, 5.41) is 0. The molecule has 0 aromatic carbocycles. The number of hydrogen-bond donors (Lipinski definition) is 1. The maximum atomic E-state index is 12.5. The number of halogens is 1. The maximum Gasteiger partial charge on any atom is 0.125 e. The summed E-state index contributed by atoms with van der Waals surface area (Å²) in [4.78, 5) is 2.23. The summed E-state index contributed by atoms with van der Waals surface area (Å²) in [5.41, 5.74) is 5.82. The van der Waals surface area contributed by atoms with E-state index in [9.17, 15) is 4.39 Å². The highest BCUT2D eigenvalue weighted by Crippen LogP contribution is 2.25. The van der Waals surface area contributed by atoms with Gasteiger partial charge in [-0.2, -0.15) is 0 Å². The fourth-order valence-electron chi connectivity index (χ4n) is 2.39. The van der Waals surface area contributed by atoms with Crippen molar-refractivity contribution in [3.8, 4) is 0 Å². The van der Waals surface area contributed by atoms with E-state index < -0.39 is 6.17 Å². The molecule has 1 aliphatic carbocycles. The van der Waals surface area contributed by atoms with Crippen molar-refractivity contribution in [2.45, 2.75) is 37.9 Å². The first kappa shape index (κ1) is 9.41. The third-order valence-electron chi connectivity index (χ3n) is 3.32. The molecule has 0 aromatic rings. The number of rotatable bonds is 2. The lowest BCUT2D eigenvalue weighted by Crippen LogP contribution is -2.50. The molecular formula is C10H19FN2. The van der Waals surface area contributed by atoms with E-state index in [1.54, 1.807) is 0 Å². The van der Waals surface area contributed by atoms with Gasteiger partial charge in [-0.05, 0) is 31.6 Å². The summed E-state index contributed by atoms with van der Waals surface area (Å²) in [7, 11) is 0. The molecule has 1 heterocycles. The molecule has 1 saturated heterocycles. The van der Waals surface area contributed by atoms with Crippen molar-refractivity contribution in [1.82, 2.24) is 4.90 Å². The van der Waals surface area contributed by atoms with Crippen LogP contribution in [0.2, 0.25) is 0 Å². The highest BCUT2D eigenvalue weighted by molar-refractivity contribution is 4.83. The van der Waals surface area contributed by atoms with Crippen LogP contribution in [-0.4, -0.2) is 36.7 Å². The van der Waals surface area contributed by atoms with Crippen LogP contribution in [0.25, 0.3) is 0 Å². The molecule has 2 rings (SSSR count). The first-order valence-corrected chi connectivity index (χ1v) is 5.36. The predicted molar refractivity (Wildman–Crippen MR) is 51.3 cm³/mol. The van der Waals surface area contributed by atoms with Gasteiger partial charge in [0.1, 0.15) is 6.17 Å². The Morgan fingerprint density at radius 3 is 2.31 bits per heavy atom. The smallest absolute Gasteiger partial charge is 0.125 e. The molecule has 1 aliphatic heterocycles. The monoisotopic (exact) mass is 186 g/mol. The second kappa shape index (κ2) is 3.93. The van der Waals surface area contributed by atoms with E-state index in [0.29, 0.717) is 19.1 Å². The van der Waals surface area contributed by atoms with Gasteiger partial charge in [-0.1, -0.05) is 0 Å². The molecule has 2 N–H and O–H groups in total. The fraction of sp³-hybridized carbons (Fsp3) is 1.00. The van der Waals surface area contributed by atoms with Crippen molar-refractivity contribution in [3.05, 3.63) is 0 Å². The largest absolute Gasteiger partial charge is 0.328 e. The summed E-state index contributed by atoms with van der Waals surface area (Å²) in [6.45, 7) is 2.44. The van der Waals surface area contributed by atoms with Crippen LogP contribution in [-0.2, 0) is 0 Å². The molecule has 3 heteroatoms. The Kier molecular flexibility index (Phi) is 2.84. The summed E-state index contributed by atoms with van der Waals surface area (Å²) in [6, 6.07) is 0.432. The molecule has 0 amide bonds. The lowest BCUT2D eigenvalue weighted by molar-refractivity contribution is 0.0451. The van der Waals surface area contributed by atoms with E-state index in [1.807, 2.05) is 0 Å². The van der Waals surface area contributed by atoms with Crippen LogP contribution in [0.5, 0.6) is 0 Å². The Bertz CT molecular complexity index is 160. The molecule has 76 valence electrons. The van der Waals surface area contributed by atoms with Crippen molar-refractivity contribution in [3.63, 3.8) is 0 Å². The number of likely N-dealkylation sites (tertiary alicyclic amines) is 1. The molecule has 2 fully saturated rings. The number of nitrogens with two attached hydrogens (primary N) is 1. The van der Waals surface area contributed by atoms with Gasteiger partial charge in [-0.25, -0.2) is 4.39 Å². The predicted octanol–water partition coefficient (Wildman–Crippen LogP) is 1.16. The summed E-state index contributed by atoms with van der Waals surface area (Å²) >= 11 is 0. The highest BCUT2D eigenvalue weighted by Gasteiger charge is 2.29.